The van der Waals surface area contributed by atoms with E-state index < -0.39 is 5.97 Å². The molecule has 0 aliphatic carbocycles. The Balaban J connectivity index is 2.77. The summed E-state index contributed by atoms with van der Waals surface area (Å²) in [7, 11) is 1.30. The maximum absolute atomic E-state index is 11.0. The Bertz CT molecular complexity index is 392. The Kier molecular flexibility index (Phi) is 3.68. The molecule has 1 N–H and O–H groups in total. The van der Waals surface area contributed by atoms with Crippen molar-refractivity contribution in [3.63, 3.8) is 0 Å². The second-order valence-electron chi connectivity index (χ2n) is 2.81. The summed E-state index contributed by atoms with van der Waals surface area (Å²) in [5.41, 5.74) is 0.641. The lowest BCUT2D eigenvalue weighted by molar-refractivity contribution is -0.141. The molecule has 80 valence electrons. The highest BCUT2D eigenvalue weighted by atomic mass is 16.5. The highest BCUT2D eigenvalue weighted by Gasteiger charge is 2.04. The number of rotatable bonds is 4. The van der Waals surface area contributed by atoms with Crippen LogP contribution in [0, 0.1) is 0 Å². The van der Waals surface area contributed by atoms with Crippen LogP contribution in [0.2, 0.25) is 0 Å². The number of hydrogen-bond acceptors (Lipinski definition) is 3. The van der Waals surface area contributed by atoms with Gasteiger partial charge in [0, 0.05) is 18.0 Å². The zero-order chi connectivity index (χ0) is 11.3. The number of hydrogen-bond donors (Lipinski definition) is 1. The number of aliphatic carboxylic acids is 1. The summed E-state index contributed by atoms with van der Waals surface area (Å²) in [5, 5.41) is 8.44. The first kappa shape index (κ1) is 11.0. The van der Waals surface area contributed by atoms with Gasteiger partial charge in [-0.3, -0.25) is 4.79 Å². The van der Waals surface area contributed by atoms with Gasteiger partial charge in [0.2, 0.25) is 0 Å². The fourth-order valence-corrected chi connectivity index (χ4v) is 1.08. The third kappa shape index (κ3) is 3.30. The lowest BCUT2D eigenvalue weighted by Crippen LogP contribution is -2.11. The van der Waals surface area contributed by atoms with Crippen molar-refractivity contribution in [2.45, 2.75) is 6.54 Å². The first-order valence-electron chi connectivity index (χ1n) is 4.26. The average molecular weight is 209 g/mol. The molecule has 0 atom stereocenters. The van der Waals surface area contributed by atoms with Crippen LogP contribution in [0.5, 0.6) is 0 Å². The van der Waals surface area contributed by atoms with E-state index in [1.807, 2.05) is 0 Å². The lowest BCUT2D eigenvalue weighted by Gasteiger charge is -2.03. The number of nitrogens with zero attached hydrogens (tertiary/aromatic N) is 1. The monoisotopic (exact) mass is 209 g/mol. The highest BCUT2D eigenvalue weighted by molar-refractivity contribution is 5.85. The van der Waals surface area contributed by atoms with Crippen LogP contribution < -0.4 is 0 Å². The van der Waals surface area contributed by atoms with E-state index in [-0.39, 0.29) is 12.5 Å². The molecule has 0 spiro atoms. The summed E-state index contributed by atoms with van der Waals surface area (Å²) >= 11 is 0. The zero-order valence-electron chi connectivity index (χ0n) is 8.21. The second kappa shape index (κ2) is 4.99. The van der Waals surface area contributed by atoms with Crippen molar-refractivity contribution in [2.24, 2.45) is 0 Å². The van der Waals surface area contributed by atoms with Gasteiger partial charge in [0.05, 0.1) is 7.11 Å². The lowest BCUT2D eigenvalue weighted by atomic mass is 10.3. The molecule has 0 aliphatic heterocycles. The smallest absolute Gasteiger partial charge is 0.328 e. The van der Waals surface area contributed by atoms with Gasteiger partial charge in [0.15, 0.2) is 0 Å². The molecule has 1 rings (SSSR count). The van der Waals surface area contributed by atoms with Gasteiger partial charge in [-0.25, -0.2) is 4.79 Å². The van der Waals surface area contributed by atoms with E-state index in [0.29, 0.717) is 5.69 Å². The van der Waals surface area contributed by atoms with Crippen LogP contribution in [-0.2, 0) is 20.9 Å². The molecule has 5 heteroatoms. The fourth-order valence-electron chi connectivity index (χ4n) is 1.08. The van der Waals surface area contributed by atoms with Gasteiger partial charge in [-0.05, 0) is 18.2 Å². The average Bonchev–Trinajstić information content (AvgIpc) is 2.62. The summed E-state index contributed by atoms with van der Waals surface area (Å²) < 4.78 is 6.11. The van der Waals surface area contributed by atoms with Crippen molar-refractivity contribution in [3.05, 3.63) is 30.1 Å². The van der Waals surface area contributed by atoms with E-state index in [1.54, 1.807) is 22.9 Å². The molecule has 0 aromatic carbocycles. The maximum atomic E-state index is 11.0. The molecule has 15 heavy (non-hydrogen) atoms. The fraction of sp³-hybridized carbons (Fsp3) is 0.200. The molecule has 0 unspecified atom stereocenters. The van der Waals surface area contributed by atoms with Gasteiger partial charge in [-0.15, -0.1) is 0 Å². The van der Waals surface area contributed by atoms with Crippen molar-refractivity contribution in [1.29, 1.82) is 0 Å². The minimum Gasteiger partial charge on any atom is -0.478 e. The Hall–Kier alpha value is -2.04. The Morgan fingerprint density at radius 2 is 2.33 bits per heavy atom. The molecule has 0 saturated heterocycles. The van der Waals surface area contributed by atoms with Gasteiger partial charge in [0.1, 0.15) is 6.54 Å². The molecule has 0 saturated carbocycles. The van der Waals surface area contributed by atoms with Crippen LogP contribution in [0.25, 0.3) is 6.08 Å². The van der Waals surface area contributed by atoms with Crippen molar-refractivity contribution in [2.75, 3.05) is 7.11 Å². The van der Waals surface area contributed by atoms with Crippen molar-refractivity contribution in [1.82, 2.24) is 4.57 Å². The Labute approximate surface area is 86.6 Å². The number of carbonyl (C=O) groups excluding carboxylic acids is 1. The van der Waals surface area contributed by atoms with Crippen LogP contribution in [0.3, 0.4) is 0 Å². The third-order valence-electron chi connectivity index (χ3n) is 1.79. The Morgan fingerprint density at radius 1 is 1.60 bits per heavy atom. The molecular weight excluding hydrogens is 198 g/mol. The predicted molar refractivity (Wildman–Crippen MR) is 53.1 cm³/mol. The molecule has 0 radical (unpaired) electrons. The normalized spacial score (nSPS) is 10.5. The number of carboxylic acid groups (broad SMARTS) is 1. The summed E-state index contributed by atoms with van der Waals surface area (Å²) in [6, 6.07) is 3.44. The first-order valence-corrected chi connectivity index (χ1v) is 4.26. The number of carbonyl (C=O) groups is 2. The zero-order valence-corrected chi connectivity index (χ0v) is 8.21. The molecule has 0 fully saturated rings. The second-order valence-corrected chi connectivity index (χ2v) is 2.81. The highest BCUT2D eigenvalue weighted by Crippen LogP contribution is 2.04. The molecule has 1 aromatic rings. The topological polar surface area (TPSA) is 68.5 Å². The molecule has 1 heterocycles. The van der Waals surface area contributed by atoms with Crippen LogP contribution in [0.4, 0.5) is 0 Å². The molecule has 5 nitrogen and oxygen atoms in total. The number of esters is 1. The standard InChI is InChI=1S/C10H11NO4/c1-15-10(14)7-11-6-2-3-8(11)4-5-9(12)13/h2-6H,7H2,1H3,(H,12,13)/b5-4+. The minimum atomic E-state index is -1.03. The molecule has 0 bridgehead atoms. The van der Waals surface area contributed by atoms with Gasteiger partial charge in [-0.1, -0.05) is 0 Å². The molecule has 0 aliphatic rings. The maximum Gasteiger partial charge on any atom is 0.328 e. The predicted octanol–water partition coefficient (Wildman–Crippen LogP) is 0.759. The van der Waals surface area contributed by atoms with Crippen molar-refractivity contribution in [3.8, 4) is 0 Å². The number of methoxy groups -OCH3 is 1. The number of ether oxygens (including phenoxy) is 1. The van der Waals surface area contributed by atoms with Gasteiger partial charge in [0.25, 0.3) is 0 Å². The third-order valence-corrected chi connectivity index (χ3v) is 1.79. The van der Waals surface area contributed by atoms with Crippen molar-refractivity contribution >= 4 is 18.0 Å². The van der Waals surface area contributed by atoms with Crippen LogP contribution in [0.15, 0.2) is 24.4 Å². The van der Waals surface area contributed by atoms with Crippen LogP contribution >= 0.6 is 0 Å². The van der Waals surface area contributed by atoms with E-state index in [2.05, 4.69) is 4.74 Å². The van der Waals surface area contributed by atoms with E-state index in [1.165, 1.54) is 13.2 Å². The van der Waals surface area contributed by atoms with E-state index in [0.717, 1.165) is 6.08 Å². The molecule has 1 aromatic heterocycles. The van der Waals surface area contributed by atoms with Gasteiger partial charge < -0.3 is 14.4 Å². The van der Waals surface area contributed by atoms with E-state index in [4.69, 9.17) is 5.11 Å². The first-order chi connectivity index (χ1) is 7.13. The summed E-state index contributed by atoms with van der Waals surface area (Å²) in [6.45, 7) is 0.0722. The quantitative estimate of drug-likeness (QED) is 0.587. The summed E-state index contributed by atoms with van der Waals surface area (Å²) in [5.74, 6) is -1.41. The van der Waals surface area contributed by atoms with Gasteiger partial charge >= 0.3 is 11.9 Å². The van der Waals surface area contributed by atoms with E-state index in [9.17, 15) is 9.59 Å². The molecular formula is C10H11NO4. The summed E-state index contributed by atoms with van der Waals surface area (Å²) in [6.07, 6.45) is 4.12. The van der Waals surface area contributed by atoms with E-state index >= 15 is 0 Å². The summed E-state index contributed by atoms with van der Waals surface area (Å²) in [4.78, 5) is 21.3. The largest absolute Gasteiger partial charge is 0.478 e. The molecule has 0 amide bonds. The number of aromatic nitrogens is 1. The SMILES string of the molecule is COC(=O)Cn1cccc1/C=C/C(=O)O. The van der Waals surface area contributed by atoms with Crippen LogP contribution in [0.1, 0.15) is 5.69 Å². The Morgan fingerprint density at radius 3 is 2.93 bits per heavy atom. The minimum absolute atomic E-state index is 0.0722. The number of carboxylic acids is 1. The van der Waals surface area contributed by atoms with Crippen molar-refractivity contribution < 1.29 is 19.4 Å². The van der Waals surface area contributed by atoms with Gasteiger partial charge in [-0.2, -0.15) is 0 Å². The van der Waals surface area contributed by atoms with Crippen LogP contribution in [-0.4, -0.2) is 28.7 Å².